The number of nitrogens with zero attached hydrogens (tertiary/aromatic N) is 2. The number of hydrogen-bond acceptors (Lipinski definition) is 3. The van der Waals surface area contributed by atoms with Crippen LogP contribution in [0.4, 0.5) is 10.1 Å². The molecule has 0 spiro atoms. The Morgan fingerprint density at radius 1 is 1.50 bits per heavy atom. The Balaban J connectivity index is 2.31. The molecule has 1 aromatic rings. The van der Waals surface area contributed by atoms with Gasteiger partial charge in [0.25, 0.3) is 0 Å². The highest BCUT2D eigenvalue weighted by atomic mass is 19.1. The molecule has 0 aliphatic carbocycles. The first kappa shape index (κ1) is 12.8. The number of hydrogen-bond donors (Lipinski definition) is 1. The summed E-state index contributed by atoms with van der Waals surface area (Å²) in [6.45, 7) is 2.79. The van der Waals surface area contributed by atoms with Gasteiger partial charge in [0.05, 0.1) is 17.3 Å². The van der Waals surface area contributed by atoms with Gasteiger partial charge in [-0.15, -0.1) is 0 Å². The van der Waals surface area contributed by atoms with Crippen molar-refractivity contribution in [1.82, 2.24) is 0 Å². The molecule has 0 radical (unpaired) electrons. The molecule has 0 saturated carbocycles. The van der Waals surface area contributed by atoms with Gasteiger partial charge in [-0.1, -0.05) is 0 Å². The van der Waals surface area contributed by atoms with Gasteiger partial charge in [-0.3, -0.25) is 0 Å². The fraction of sp³-hybridized carbons (Fsp3) is 0.500. The van der Waals surface area contributed by atoms with E-state index in [0.717, 1.165) is 25.8 Å². The van der Waals surface area contributed by atoms with Gasteiger partial charge in [0, 0.05) is 18.6 Å². The van der Waals surface area contributed by atoms with Crippen molar-refractivity contribution in [2.45, 2.75) is 38.3 Å². The largest absolute Gasteiger partial charge is 0.365 e. The number of halogens is 1. The summed E-state index contributed by atoms with van der Waals surface area (Å²) in [5, 5.41) is 8.75. The molecule has 1 heterocycles. The minimum Gasteiger partial charge on any atom is -0.365 e. The first-order chi connectivity index (χ1) is 8.63. The molecular weight excluding hydrogens is 229 g/mol. The van der Waals surface area contributed by atoms with Crippen LogP contribution in [0.1, 0.15) is 31.7 Å². The van der Waals surface area contributed by atoms with Crippen LogP contribution in [0.2, 0.25) is 0 Å². The van der Waals surface area contributed by atoms with E-state index in [1.807, 2.05) is 17.9 Å². The summed E-state index contributed by atoms with van der Waals surface area (Å²) in [4.78, 5) is 2.05. The molecule has 4 heteroatoms. The molecule has 1 saturated heterocycles. The van der Waals surface area contributed by atoms with Gasteiger partial charge in [-0.05, 0) is 44.4 Å². The molecule has 2 rings (SSSR count). The number of benzene rings is 1. The Morgan fingerprint density at radius 2 is 2.28 bits per heavy atom. The Kier molecular flexibility index (Phi) is 3.83. The lowest BCUT2D eigenvalue weighted by Crippen LogP contribution is -2.49. The highest BCUT2D eigenvalue weighted by Crippen LogP contribution is 2.28. The van der Waals surface area contributed by atoms with Crippen molar-refractivity contribution in [2.24, 2.45) is 5.73 Å². The molecule has 0 bridgehead atoms. The summed E-state index contributed by atoms with van der Waals surface area (Å²) in [6.07, 6.45) is 3.19. The Hall–Kier alpha value is -1.60. The van der Waals surface area contributed by atoms with Crippen molar-refractivity contribution < 1.29 is 4.39 Å². The molecule has 1 fully saturated rings. The molecular formula is C14H18FN3. The third-order valence-electron chi connectivity index (χ3n) is 3.54. The van der Waals surface area contributed by atoms with Crippen molar-refractivity contribution in [2.75, 3.05) is 11.4 Å². The second-order valence-electron chi connectivity index (χ2n) is 4.89. The number of rotatable bonds is 2. The first-order valence-corrected chi connectivity index (χ1v) is 6.35. The van der Waals surface area contributed by atoms with E-state index in [1.54, 1.807) is 12.1 Å². The van der Waals surface area contributed by atoms with Crippen molar-refractivity contribution in [3.05, 3.63) is 29.6 Å². The fourth-order valence-corrected chi connectivity index (χ4v) is 2.61. The summed E-state index contributed by atoms with van der Waals surface area (Å²) in [5.41, 5.74) is 6.90. The lowest BCUT2D eigenvalue weighted by atomic mass is 9.96. The molecule has 1 aliphatic heterocycles. The third kappa shape index (κ3) is 2.46. The highest BCUT2D eigenvalue weighted by molar-refractivity contribution is 5.52. The second-order valence-corrected chi connectivity index (χ2v) is 4.89. The van der Waals surface area contributed by atoms with Gasteiger partial charge >= 0.3 is 0 Å². The highest BCUT2D eigenvalue weighted by Gasteiger charge is 2.27. The molecule has 3 nitrogen and oxygen atoms in total. The molecule has 1 aromatic carbocycles. The van der Waals surface area contributed by atoms with Crippen LogP contribution < -0.4 is 10.6 Å². The van der Waals surface area contributed by atoms with Gasteiger partial charge in [0.15, 0.2) is 0 Å². The minimum atomic E-state index is -0.332. The van der Waals surface area contributed by atoms with Crippen molar-refractivity contribution in [3.8, 4) is 6.07 Å². The van der Waals surface area contributed by atoms with E-state index in [9.17, 15) is 4.39 Å². The number of piperidine rings is 1. The van der Waals surface area contributed by atoms with Crippen LogP contribution in [0.5, 0.6) is 0 Å². The van der Waals surface area contributed by atoms with Gasteiger partial charge in [-0.25, -0.2) is 4.39 Å². The zero-order valence-electron chi connectivity index (χ0n) is 10.6. The summed E-state index contributed by atoms with van der Waals surface area (Å²) in [6, 6.07) is 6.79. The van der Waals surface area contributed by atoms with E-state index in [2.05, 4.69) is 0 Å². The quantitative estimate of drug-likeness (QED) is 0.873. The topological polar surface area (TPSA) is 53.0 Å². The zero-order valence-corrected chi connectivity index (χ0v) is 10.6. The number of anilines is 1. The summed E-state index contributed by atoms with van der Waals surface area (Å²) in [7, 11) is 0. The third-order valence-corrected chi connectivity index (χ3v) is 3.54. The average molecular weight is 247 g/mol. The summed E-state index contributed by atoms with van der Waals surface area (Å²) >= 11 is 0. The van der Waals surface area contributed by atoms with Crippen molar-refractivity contribution in [3.63, 3.8) is 0 Å². The van der Waals surface area contributed by atoms with Crippen LogP contribution in [0.15, 0.2) is 18.2 Å². The Morgan fingerprint density at radius 3 is 2.89 bits per heavy atom. The van der Waals surface area contributed by atoms with E-state index in [0.29, 0.717) is 11.3 Å². The molecule has 2 unspecified atom stereocenters. The predicted octanol–water partition coefficient (Wildman–Crippen LogP) is 2.40. The normalized spacial score (nSPS) is 21.4. The number of nitriles is 1. The monoisotopic (exact) mass is 247 g/mol. The van der Waals surface area contributed by atoms with Gasteiger partial charge in [0.2, 0.25) is 0 Å². The lowest BCUT2D eigenvalue weighted by molar-refractivity contribution is 0.409. The smallest absolute Gasteiger partial charge is 0.147 e. The average Bonchev–Trinajstić information content (AvgIpc) is 2.38. The maximum atomic E-state index is 14.0. The second kappa shape index (κ2) is 5.36. The van der Waals surface area contributed by atoms with Crippen LogP contribution in [0, 0.1) is 17.1 Å². The fourth-order valence-electron chi connectivity index (χ4n) is 2.61. The maximum Gasteiger partial charge on any atom is 0.147 e. The van der Waals surface area contributed by atoms with E-state index in [1.165, 1.54) is 6.07 Å². The lowest BCUT2D eigenvalue weighted by Gasteiger charge is -2.39. The van der Waals surface area contributed by atoms with Crippen molar-refractivity contribution >= 4 is 5.69 Å². The Bertz CT molecular complexity index is 465. The number of nitrogens with two attached hydrogens (primary N) is 1. The first-order valence-electron chi connectivity index (χ1n) is 6.35. The van der Waals surface area contributed by atoms with Gasteiger partial charge in [0.1, 0.15) is 5.82 Å². The van der Waals surface area contributed by atoms with Crippen LogP contribution in [-0.4, -0.2) is 18.6 Å². The van der Waals surface area contributed by atoms with E-state index < -0.39 is 0 Å². The molecule has 1 aliphatic rings. The molecule has 2 N–H and O–H groups in total. The van der Waals surface area contributed by atoms with E-state index in [-0.39, 0.29) is 17.9 Å². The maximum absolute atomic E-state index is 14.0. The predicted molar refractivity (Wildman–Crippen MR) is 69.7 cm³/mol. The molecule has 0 aromatic heterocycles. The molecule has 96 valence electrons. The molecule has 18 heavy (non-hydrogen) atoms. The van der Waals surface area contributed by atoms with Crippen LogP contribution in [0.3, 0.4) is 0 Å². The molecule has 2 atom stereocenters. The van der Waals surface area contributed by atoms with Crippen LogP contribution in [-0.2, 0) is 0 Å². The molecule has 0 amide bonds. The van der Waals surface area contributed by atoms with Crippen LogP contribution >= 0.6 is 0 Å². The SMILES string of the molecule is CC(N)C1CCCCN1c1ccc(C#N)cc1F. The summed E-state index contributed by atoms with van der Waals surface area (Å²) in [5.74, 6) is -0.332. The Labute approximate surface area is 107 Å². The van der Waals surface area contributed by atoms with Gasteiger partial charge < -0.3 is 10.6 Å². The van der Waals surface area contributed by atoms with Crippen molar-refractivity contribution in [1.29, 1.82) is 5.26 Å². The van der Waals surface area contributed by atoms with Gasteiger partial charge in [-0.2, -0.15) is 5.26 Å². The standard InChI is InChI=1S/C14H18FN3/c1-10(17)13-4-2-3-7-18(13)14-6-5-11(9-16)8-12(14)15/h5-6,8,10,13H,2-4,7,17H2,1H3. The van der Waals surface area contributed by atoms with E-state index in [4.69, 9.17) is 11.0 Å². The van der Waals surface area contributed by atoms with Crippen LogP contribution in [0.25, 0.3) is 0 Å². The minimum absolute atomic E-state index is 0.0142. The van der Waals surface area contributed by atoms with E-state index >= 15 is 0 Å². The summed E-state index contributed by atoms with van der Waals surface area (Å²) < 4.78 is 14.0. The zero-order chi connectivity index (χ0) is 13.1.